The van der Waals surface area contributed by atoms with Gasteiger partial charge in [0.2, 0.25) is 0 Å². The number of carbonyl (C=O) groups excluding carboxylic acids is 1. The minimum Gasteiger partial charge on any atom is -0.480 e. The van der Waals surface area contributed by atoms with Crippen molar-refractivity contribution in [1.82, 2.24) is 10.6 Å². The van der Waals surface area contributed by atoms with E-state index in [9.17, 15) is 9.59 Å². The Kier molecular flexibility index (Phi) is 5.36. The fourth-order valence-corrected chi connectivity index (χ4v) is 1.55. The maximum Gasteiger partial charge on any atom is 0.329 e. The smallest absolute Gasteiger partial charge is 0.329 e. The van der Waals surface area contributed by atoms with E-state index < -0.39 is 17.5 Å². The van der Waals surface area contributed by atoms with E-state index in [0.29, 0.717) is 19.4 Å². The Hall–Kier alpha value is -2.04. The van der Waals surface area contributed by atoms with E-state index in [1.165, 1.54) is 6.92 Å². The Morgan fingerprint density at radius 2 is 1.89 bits per heavy atom. The number of hydrogen-bond donors (Lipinski definition) is 3. The minimum absolute atomic E-state index is 0.328. The van der Waals surface area contributed by atoms with Gasteiger partial charge >= 0.3 is 12.0 Å². The summed E-state index contributed by atoms with van der Waals surface area (Å²) in [5.74, 6) is -1.03. The number of nitrogens with one attached hydrogen (secondary N) is 2. The molecule has 0 saturated heterocycles. The van der Waals surface area contributed by atoms with E-state index in [4.69, 9.17) is 5.11 Å². The summed E-state index contributed by atoms with van der Waals surface area (Å²) in [6.45, 7) is 3.68. The van der Waals surface area contributed by atoms with Crippen LogP contribution in [0.15, 0.2) is 30.3 Å². The van der Waals surface area contributed by atoms with Crippen molar-refractivity contribution >= 4 is 12.0 Å². The molecule has 0 fully saturated rings. The first-order chi connectivity index (χ1) is 8.98. The Bertz CT molecular complexity index is 434. The van der Waals surface area contributed by atoms with Crippen LogP contribution in [0.1, 0.15) is 25.8 Å². The molecule has 0 aliphatic carbocycles. The second kappa shape index (κ2) is 6.78. The van der Waals surface area contributed by atoms with Crippen LogP contribution in [0.2, 0.25) is 0 Å². The van der Waals surface area contributed by atoms with E-state index in [1.54, 1.807) is 6.92 Å². The van der Waals surface area contributed by atoms with Gasteiger partial charge in [0.05, 0.1) is 0 Å². The van der Waals surface area contributed by atoms with Crippen molar-refractivity contribution in [3.8, 4) is 0 Å². The summed E-state index contributed by atoms with van der Waals surface area (Å²) in [6.07, 6.45) is 1.04. The largest absolute Gasteiger partial charge is 0.480 e. The quantitative estimate of drug-likeness (QED) is 0.733. The van der Waals surface area contributed by atoms with Crippen molar-refractivity contribution in [1.29, 1.82) is 0 Å². The fourth-order valence-electron chi connectivity index (χ4n) is 1.55. The van der Waals surface area contributed by atoms with Crippen LogP contribution in [0.3, 0.4) is 0 Å². The lowest BCUT2D eigenvalue weighted by Crippen LogP contribution is -2.55. The number of urea groups is 1. The monoisotopic (exact) mass is 264 g/mol. The summed E-state index contributed by atoms with van der Waals surface area (Å²) in [6, 6.07) is 9.31. The summed E-state index contributed by atoms with van der Waals surface area (Å²) in [5, 5.41) is 14.2. The van der Waals surface area contributed by atoms with Gasteiger partial charge in [-0.1, -0.05) is 37.3 Å². The zero-order chi connectivity index (χ0) is 14.3. The van der Waals surface area contributed by atoms with E-state index in [-0.39, 0.29) is 0 Å². The molecular weight excluding hydrogens is 244 g/mol. The molecule has 1 aromatic carbocycles. The summed E-state index contributed by atoms with van der Waals surface area (Å²) in [4.78, 5) is 22.7. The van der Waals surface area contributed by atoms with E-state index in [2.05, 4.69) is 10.6 Å². The summed E-state index contributed by atoms with van der Waals surface area (Å²) in [5.41, 5.74) is -0.101. The lowest BCUT2D eigenvalue weighted by Gasteiger charge is -2.24. The van der Waals surface area contributed by atoms with Gasteiger partial charge in [-0.25, -0.2) is 9.59 Å². The Morgan fingerprint density at radius 1 is 1.26 bits per heavy atom. The SMILES string of the molecule is CCC(C)(NC(=O)NCCc1ccccc1)C(=O)O. The van der Waals surface area contributed by atoms with E-state index in [0.717, 1.165) is 5.56 Å². The Balaban J connectivity index is 2.38. The molecule has 2 amide bonds. The average molecular weight is 264 g/mol. The van der Waals surface area contributed by atoms with Gasteiger partial charge in [-0.15, -0.1) is 0 Å². The molecule has 1 rings (SSSR count). The summed E-state index contributed by atoms with van der Waals surface area (Å²) >= 11 is 0. The molecule has 0 aliphatic heterocycles. The maximum absolute atomic E-state index is 11.6. The Morgan fingerprint density at radius 3 is 2.42 bits per heavy atom. The number of amides is 2. The van der Waals surface area contributed by atoms with Crippen LogP contribution in [-0.4, -0.2) is 29.2 Å². The lowest BCUT2D eigenvalue weighted by atomic mass is 10.00. The van der Waals surface area contributed by atoms with Gasteiger partial charge in [-0.05, 0) is 25.3 Å². The van der Waals surface area contributed by atoms with E-state index >= 15 is 0 Å². The molecule has 0 heterocycles. The molecule has 19 heavy (non-hydrogen) atoms. The normalized spacial score (nSPS) is 13.4. The summed E-state index contributed by atoms with van der Waals surface area (Å²) in [7, 11) is 0. The standard InChI is InChI=1S/C14H20N2O3/c1-3-14(2,12(17)18)16-13(19)15-10-9-11-7-5-4-6-8-11/h4-8H,3,9-10H2,1-2H3,(H,17,18)(H2,15,16,19). The van der Waals surface area contributed by atoms with Crippen LogP contribution in [0.25, 0.3) is 0 Å². The molecule has 0 aliphatic rings. The highest BCUT2D eigenvalue weighted by atomic mass is 16.4. The predicted octanol–water partition coefficient (Wildman–Crippen LogP) is 1.78. The number of carboxylic acids is 1. The molecule has 0 aromatic heterocycles. The van der Waals surface area contributed by atoms with Gasteiger partial charge in [0.1, 0.15) is 5.54 Å². The topological polar surface area (TPSA) is 78.4 Å². The van der Waals surface area contributed by atoms with Crippen molar-refractivity contribution in [2.75, 3.05) is 6.54 Å². The fraction of sp³-hybridized carbons (Fsp3) is 0.429. The van der Waals surface area contributed by atoms with Gasteiger partial charge < -0.3 is 15.7 Å². The molecule has 0 radical (unpaired) electrons. The highest BCUT2D eigenvalue weighted by molar-refractivity contribution is 5.85. The molecule has 0 saturated carbocycles. The zero-order valence-electron chi connectivity index (χ0n) is 11.3. The highest BCUT2D eigenvalue weighted by Crippen LogP contribution is 2.08. The number of aliphatic carboxylic acids is 1. The Labute approximate surface area is 113 Å². The molecule has 1 atom stereocenters. The number of carboxylic acid groups (broad SMARTS) is 1. The first-order valence-corrected chi connectivity index (χ1v) is 6.31. The van der Waals surface area contributed by atoms with Gasteiger partial charge in [0.25, 0.3) is 0 Å². The van der Waals surface area contributed by atoms with Crippen LogP contribution in [0.4, 0.5) is 4.79 Å². The van der Waals surface area contributed by atoms with Crippen molar-refractivity contribution in [3.63, 3.8) is 0 Å². The maximum atomic E-state index is 11.6. The first kappa shape index (κ1) is 15.0. The van der Waals surface area contributed by atoms with Crippen LogP contribution in [0.5, 0.6) is 0 Å². The van der Waals surface area contributed by atoms with Crippen LogP contribution in [-0.2, 0) is 11.2 Å². The van der Waals surface area contributed by atoms with E-state index in [1.807, 2.05) is 30.3 Å². The third-order valence-electron chi connectivity index (χ3n) is 3.11. The number of carbonyl (C=O) groups is 2. The molecule has 0 bridgehead atoms. The molecule has 3 N–H and O–H groups in total. The van der Waals surface area contributed by atoms with Crippen LogP contribution < -0.4 is 10.6 Å². The van der Waals surface area contributed by atoms with Crippen LogP contribution in [0, 0.1) is 0 Å². The van der Waals surface area contributed by atoms with Gasteiger partial charge in [0.15, 0.2) is 0 Å². The van der Waals surface area contributed by atoms with Crippen molar-refractivity contribution < 1.29 is 14.7 Å². The molecule has 0 spiro atoms. The van der Waals surface area contributed by atoms with Crippen molar-refractivity contribution in [2.24, 2.45) is 0 Å². The third kappa shape index (κ3) is 4.62. The van der Waals surface area contributed by atoms with Crippen LogP contribution >= 0.6 is 0 Å². The van der Waals surface area contributed by atoms with Gasteiger partial charge in [0, 0.05) is 6.54 Å². The lowest BCUT2D eigenvalue weighted by molar-refractivity contribution is -0.143. The molecular formula is C14H20N2O3. The molecule has 5 nitrogen and oxygen atoms in total. The molecule has 5 heteroatoms. The average Bonchev–Trinajstić information content (AvgIpc) is 2.39. The minimum atomic E-state index is -1.23. The highest BCUT2D eigenvalue weighted by Gasteiger charge is 2.32. The van der Waals surface area contributed by atoms with Gasteiger partial charge in [-0.3, -0.25) is 0 Å². The predicted molar refractivity (Wildman–Crippen MR) is 73.0 cm³/mol. The third-order valence-corrected chi connectivity index (χ3v) is 3.11. The van der Waals surface area contributed by atoms with Gasteiger partial charge in [-0.2, -0.15) is 0 Å². The molecule has 1 unspecified atom stereocenters. The van der Waals surface area contributed by atoms with Crippen molar-refractivity contribution in [2.45, 2.75) is 32.2 Å². The first-order valence-electron chi connectivity index (χ1n) is 6.31. The van der Waals surface area contributed by atoms with Crippen molar-refractivity contribution in [3.05, 3.63) is 35.9 Å². The number of benzene rings is 1. The second-order valence-corrected chi connectivity index (χ2v) is 4.61. The molecule has 1 aromatic rings. The zero-order valence-corrected chi connectivity index (χ0v) is 11.3. The number of hydrogen-bond acceptors (Lipinski definition) is 2. The summed E-state index contributed by atoms with van der Waals surface area (Å²) < 4.78 is 0. The number of rotatable bonds is 6. The molecule has 104 valence electrons. The second-order valence-electron chi connectivity index (χ2n) is 4.61.